The summed E-state index contributed by atoms with van der Waals surface area (Å²) in [4.78, 5) is 58.8. The first-order valence-corrected chi connectivity index (χ1v) is 21.6. The fraction of sp³-hybridized carbons (Fsp3) is 0.442. The highest BCUT2D eigenvalue weighted by Crippen LogP contribution is 2.45. The van der Waals surface area contributed by atoms with Gasteiger partial charge in [0.05, 0.1) is 18.8 Å². The zero-order valence-electron chi connectivity index (χ0n) is 32.5. The molecule has 308 valence electrons. The molecule has 7 rings (SSSR count). The number of ether oxygens (including phenoxy) is 1. The van der Waals surface area contributed by atoms with Gasteiger partial charge >= 0.3 is 6.09 Å². The van der Waals surface area contributed by atoms with Crippen LogP contribution in [-0.2, 0) is 48.8 Å². The van der Waals surface area contributed by atoms with Gasteiger partial charge in [-0.05, 0) is 48.6 Å². The number of rotatable bonds is 5. The highest BCUT2D eigenvalue weighted by Gasteiger charge is 2.61. The van der Waals surface area contributed by atoms with Crippen molar-refractivity contribution in [1.29, 1.82) is 0 Å². The SMILES string of the molecule is C=C[C@H]1C[C@]12NC(=O)[C@@H]1C[C@@H](OC(=O)N3Cc4cccc(F)c4C3)CN1C(=O)CC(NCc1ccccc1)CCCCCCCNc1ccccc1S(=O)(=O)NC2=O. The molecule has 0 bridgehead atoms. The molecule has 1 saturated heterocycles. The van der Waals surface area contributed by atoms with Crippen LogP contribution in [0.4, 0.5) is 14.9 Å². The standard InChI is InChI=1S/C43H51FN6O7S/c1-2-31-24-43(31)41(53)48-58(55,56)38-20-11-10-19-36(38)45-21-12-5-3-4-9-17-32(46-25-29-14-7-6-8-15-29)22-39(51)50-27-33(23-37(50)40(52)47-43)57-42(54)49-26-30-16-13-18-35(44)34(30)28-49/h2,6-8,10-11,13-16,18-20,31-33,37,45-46H,1,3-5,9,12,17,21-28H2,(H,47,52)(H,48,53)/t31-,32?,33+,37-,43-/m0/s1. The Kier molecular flexibility index (Phi) is 12.5. The third-order valence-corrected chi connectivity index (χ3v) is 13.1. The van der Waals surface area contributed by atoms with Gasteiger partial charge in [0.25, 0.3) is 15.9 Å². The summed E-state index contributed by atoms with van der Waals surface area (Å²) in [5.41, 5.74) is 0.876. The number of para-hydroxylation sites is 1. The molecule has 4 N–H and O–H groups in total. The van der Waals surface area contributed by atoms with Gasteiger partial charge < -0.3 is 25.6 Å². The molecule has 15 heteroatoms. The van der Waals surface area contributed by atoms with E-state index in [2.05, 4.69) is 27.3 Å². The second kappa shape index (κ2) is 17.7. The van der Waals surface area contributed by atoms with Crippen molar-refractivity contribution in [2.24, 2.45) is 5.92 Å². The van der Waals surface area contributed by atoms with Gasteiger partial charge in [0.2, 0.25) is 11.8 Å². The summed E-state index contributed by atoms with van der Waals surface area (Å²) in [5.74, 6) is -2.92. The molecule has 13 nitrogen and oxygen atoms in total. The Morgan fingerprint density at radius 2 is 1.72 bits per heavy atom. The molecule has 3 aromatic rings. The van der Waals surface area contributed by atoms with E-state index in [-0.39, 0.29) is 55.7 Å². The maximum atomic E-state index is 14.5. The van der Waals surface area contributed by atoms with Crippen LogP contribution in [0.2, 0.25) is 0 Å². The number of hydrogen-bond donors (Lipinski definition) is 4. The predicted molar refractivity (Wildman–Crippen MR) is 215 cm³/mol. The summed E-state index contributed by atoms with van der Waals surface area (Å²) >= 11 is 0. The van der Waals surface area contributed by atoms with Crippen LogP contribution in [0.3, 0.4) is 0 Å². The Bertz CT molecular complexity index is 2140. The van der Waals surface area contributed by atoms with Crippen molar-refractivity contribution in [2.75, 3.05) is 18.4 Å². The smallest absolute Gasteiger partial charge is 0.410 e. The average molecular weight is 815 g/mol. The molecule has 1 unspecified atom stereocenters. The minimum atomic E-state index is -4.38. The van der Waals surface area contributed by atoms with E-state index < -0.39 is 57.4 Å². The summed E-state index contributed by atoms with van der Waals surface area (Å²) in [6.07, 6.45) is 5.16. The zero-order valence-corrected chi connectivity index (χ0v) is 33.3. The van der Waals surface area contributed by atoms with E-state index in [0.29, 0.717) is 36.3 Å². The molecule has 2 fully saturated rings. The number of anilines is 1. The summed E-state index contributed by atoms with van der Waals surface area (Å²) in [5, 5.41) is 9.57. The maximum Gasteiger partial charge on any atom is 0.410 e. The number of nitrogens with zero attached hydrogens (tertiary/aromatic N) is 2. The lowest BCUT2D eigenvalue weighted by atomic mass is 10.0. The van der Waals surface area contributed by atoms with Crippen molar-refractivity contribution in [1.82, 2.24) is 25.2 Å². The molecule has 0 aromatic heterocycles. The number of carbonyl (C=O) groups excluding carboxylic acids is 4. The van der Waals surface area contributed by atoms with Crippen molar-refractivity contribution >= 4 is 39.5 Å². The first-order chi connectivity index (χ1) is 28.0. The van der Waals surface area contributed by atoms with Crippen molar-refractivity contribution in [3.63, 3.8) is 0 Å². The van der Waals surface area contributed by atoms with Gasteiger partial charge in [-0.2, -0.15) is 0 Å². The van der Waals surface area contributed by atoms with Gasteiger partial charge in [-0.15, -0.1) is 6.58 Å². The van der Waals surface area contributed by atoms with E-state index >= 15 is 0 Å². The van der Waals surface area contributed by atoms with Gasteiger partial charge in [0.15, 0.2) is 0 Å². The largest absolute Gasteiger partial charge is 0.444 e. The maximum absolute atomic E-state index is 14.5. The number of benzene rings is 3. The van der Waals surface area contributed by atoms with Gasteiger partial charge in [0, 0.05) is 50.0 Å². The summed E-state index contributed by atoms with van der Waals surface area (Å²) in [6, 6.07) is 19.5. The molecular formula is C43H51FN6O7S. The number of nitrogens with one attached hydrogen (secondary N) is 4. The Labute approximate surface area is 338 Å². The lowest BCUT2D eigenvalue weighted by Crippen LogP contribution is -2.56. The van der Waals surface area contributed by atoms with E-state index in [4.69, 9.17) is 4.74 Å². The molecule has 3 aliphatic heterocycles. The normalized spacial score (nSPS) is 26.5. The summed E-state index contributed by atoms with van der Waals surface area (Å²) in [7, 11) is -4.38. The minimum absolute atomic E-state index is 0.0267. The Balaban J connectivity index is 1.14. The van der Waals surface area contributed by atoms with Gasteiger partial charge in [-0.25, -0.2) is 22.3 Å². The predicted octanol–water partition coefficient (Wildman–Crippen LogP) is 5.13. The molecule has 1 spiro atoms. The van der Waals surface area contributed by atoms with E-state index in [1.807, 2.05) is 30.3 Å². The molecule has 58 heavy (non-hydrogen) atoms. The van der Waals surface area contributed by atoms with Crippen LogP contribution in [0.1, 0.15) is 74.5 Å². The van der Waals surface area contributed by atoms with Gasteiger partial charge in [-0.1, -0.05) is 86.4 Å². The second-order valence-electron chi connectivity index (χ2n) is 15.7. The van der Waals surface area contributed by atoms with Crippen LogP contribution in [-0.4, -0.2) is 78.8 Å². The van der Waals surface area contributed by atoms with E-state index in [0.717, 1.165) is 37.7 Å². The van der Waals surface area contributed by atoms with Crippen molar-refractivity contribution in [3.8, 4) is 0 Å². The average Bonchev–Trinajstić information content (AvgIpc) is 3.50. The van der Waals surface area contributed by atoms with Crippen molar-refractivity contribution in [3.05, 3.63) is 108 Å². The first kappa shape index (κ1) is 40.9. The molecule has 5 atom stereocenters. The summed E-state index contributed by atoms with van der Waals surface area (Å²) in [6.45, 7) is 4.99. The topological polar surface area (TPSA) is 166 Å². The second-order valence-corrected chi connectivity index (χ2v) is 17.4. The number of carbonyl (C=O) groups is 4. The van der Waals surface area contributed by atoms with Gasteiger partial charge in [-0.3, -0.25) is 19.3 Å². The number of halogens is 1. The number of sulfonamides is 1. The molecular weight excluding hydrogens is 764 g/mol. The van der Waals surface area contributed by atoms with Crippen molar-refractivity contribution in [2.45, 2.75) is 106 Å². The van der Waals surface area contributed by atoms with Crippen LogP contribution in [0, 0.1) is 11.7 Å². The molecule has 4 amide bonds. The van der Waals surface area contributed by atoms with Crippen LogP contribution in [0.5, 0.6) is 0 Å². The third kappa shape index (κ3) is 9.20. The molecule has 3 heterocycles. The lowest BCUT2D eigenvalue weighted by Gasteiger charge is -2.28. The Morgan fingerprint density at radius 1 is 0.966 bits per heavy atom. The van der Waals surface area contributed by atoms with Crippen LogP contribution in [0.15, 0.2) is 90.3 Å². The molecule has 0 radical (unpaired) electrons. The highest BCUT2D eigenvalue weighted by atomic mass is 32.2. The number of fused-ring (bicyclic) bond motifs is 3. The first-order valence-electron chi connectivity index (χ1n) is 20.1. The Hall–Kier alpha value is -5.28. The van der Waals surface area contributed by atoms with Crippen LogP contribution < -0.4 is 20.7 Å². The molecule has 4 aliphatic rings. The monoisotopic (exact) mass is 814 g/mol. The van der Waals surface area contributed by atoms with E-state index in [9.17, 15) is 32.0 Å². The quantitative estimate of drug-likeness (QED) is 0.256. The number of hydrogen-bond acceptors (Lipinski definition) is 9. The number of amides is 4. The molecule has 1 aliphatic carbocycles. The fourth-order valence-corrected chi connectivity index (χ4v) is 9.54. The van der Waals surface area contributed by atoms with Crippen LogP contribution in [0.25, 0.3) is 0 Å². The molecule has 1 saturated carbocycles. The highest BCUT2D eigenvalue weighted by molar-refractivity contribution is 7.90. The molecule has 3 aromatic carbocycles. The van der Waals surface area contributed by atoms with E-state index in [1.165, 1.54) is 28.0 Å². The lowest BCUT2D eigenvalue weighted by molar-refractivity contribution is -0.140. The van der Waals surface area contributed by atoms with Gasteiger partial charge in [0.1, 0.15) is 28.4 Å². The van der Waals surface area contributed by atoms with Crippen molar-refractivity contribution < 1.29 is 36.7 Å². The zero-order chi connectivity index (χ0) is 40.9. The minimum Gasteiger partial charge on any atom is -0.444 e. The van der Waals surface area contributed by atoms with E-state index in [1.54, 1.807) is 30.3 Å². The van der Waals surface area contributed by atoms with Crippen LogP contribution >= 0.6 is 0 Å². The summed E-state index contributed by atoms with van der Waals surface area (Å²) < 4.78 is 50.0. The fourth-order valence-electron chi connectivity index (χ4n) is 8.32. The Morgan fingerprint density at radius 3 is 2.50 bits per heavy atom. The third-order valence-electron chi connectivity index (χ3n) is 11.7.